The first-order chi connectivity index (χ1) is 9.58. The quantitative estimate of drug-likeness (QED) is 0.302. The lowest BCUT2D eigenvalue weighted by Gasteiger charge is -2.12. The molecule has 3 aromatic rings. The fourth-order valence-corrected chi connectivity index (χ4v) is 3.22. The Hall–Kier alpha value is -2.05. The minimum absolute atomic E-state index is 0. The van der Waals surface area contributed by atoms with E-state index in [2.05, 4.69) is 4.98 Å². The molecular formula is C14H12ClN3O2S. The fourth-order valence-electron chi connectivity index (χ4n) is 2.15. The van der Waals surface area contributed by atoms with Crippen LogP contribution in [-0.2, 0) is 0 Å². The first-order valence-corrected chi connectivity index (χ1v) is 6.87. The van der Waals surface area contributed by atoms with Gasteiger partial charge in [-0.05, 0) is 12.1 Å². The summed E-state index contributed by atoms with van der Waals surface area (Å²) in [6.45, 7) is 0. The van der Waals surface area contributed by atoms with Crippen molar-refractivity contribution in [1.82, 2.24) is 4.98 Å². The number of nitro benzene ring substituents is 1. The van der Waals surface area contributed by atoms with Crippen LogP contribution >= 0.6 is 11.3 Å². The van der Waals surface area contributed by atoms with E-state index in [0.717, 1.165) is 15.9 Å². The molecule has 7 heteroatoms. The van der Waals surface area contributed by atoms with Crippen molar-refractivity contribution < 1.29 is 17.3 Å². The Balaban J connectivity index is 0.00000161. The second kappa shape index (κ2) is 5.75. The highest BCUT2D eigenvalue weighted by Gasteiger charge is 2.24. The van der Waals surface area contributed by atoms with E-state index in [1.54, 1.807) is 6.07 Å². The number of non-ortho nitro benzene ring substituents is 1. The van der Waals surface area contributed by atoms with Gasteiger partial charge in [0.05, 0.1) is 10.6 Å². The molecule has 108 valence electrons. The number of benzene rings is 2. The average Bonchev–Trinajstić information content (AvgIpc) is 2.43. The van der Waals surface area contributed by atoms with Crippen LogP contribution in [0, 0.1) is 10.1 Å². The third-order valence-electron chi connectivity index (χ3n) is 3.07. The van der Waals surface area contributed by atoms with Gasteiger partial charge < -0.3 is 17.3 Å². The number of para-hydroxylation sites is 1. The van der Waals surface area contributed by atoms with Crippen molar-refractivity contribution in [2.45, 2.75) is 0 Å². The van der Waals surface area contributed by atoms with Crippen LogP contribution in [0.4, 0.5) is 11.4 Å². The normalized spacial score (nSPS) is 10.4. The molecule has 0 spiro atoms. The highest BCUT2D eigenvalue weighted by atomic mass is 35.5. The number of aromatic nitrogens is 1. The zero-order chi connectivity index (χ0) is 14.3. The highest BCUT2D eigenvalue weighted by molar-refractivity contribution is 7.25. The van der Waals surface area contributed by atoms with Gasteiger partial charge in [-0.3, -0.25) is 10.1 Å². The molecule has 0 atom stereocenters. The maximum Gasteiger partial charge on any atom is 0.336 e. The van der Waals surface area contributed by atoms with E-state index in [1.165, 1.54) is 17.4 Å². The molecule has 0 bridgehead atoms. The lowest BCUT2D eigenvalue weighted by molar-refractivity contribution is -0.382. The molecule has 0 amide bonds. The maximum atomic E-state index is 11.1. The Morgan fingerprint density at radius 1 is 1.19 bits per heavy atom. The Morgan fingerprint density at radius 2 is 1.90 bits per heavy atom. The Morgan fingerprint density at radius 3 is 2.57 bits per heavy atom. The van der Waals surface area contributed by atoms with E-state index in [9.17, 15) is 10.1 Å². The molecule has 0 N–H and O–H groups in total. The second-order valence-corrected chi connectivity index (χ2v) is 5.67. The molecule has 0 saturated carbocycles. The number of anilines is 1. The highest BCUT2D eigenvalue weighted by Crippen LogP contribution is 2.35. The van der Waals surface area contributed by atoms with E-state index in [0.29, 0.717) is 10.2 Å². The number of fused-ring (bicyclic) bond motifs is 2. The van der Waals surface area contributed by atoms with Crippen LogP contribution in [0.3, 0.4) is 0 Å². The van der Waals surface area contributed by atoms with Gasteiger partial charge in [-0.2, -0.15) is 0 Å². The molecule has 3 rings (SSSR count). The number of nitro groups is 1. The van der Waals surface area contributed by atoms with Crippen LogP contribution in [0.2, 0.25) is 0 Å². The summed E-state index contributed by atoms with van der Waals surface area (Å²) in [7, 11) is 3.91. The van der Waals surface area contributed by atoms with Crippen molar-refractivity contribution >= 4 is 43.1 Å². The standard InChI is InChI=1S/C14H12N3O2S.ClH/c1-16(2)10-6-4-8-12-13(10)15-9-5-3-7-11(17(18)19)14(9)20-12;/h3-8H,1-2H3;1H/q+1;/p-1. The zero-order valence-electron chi connectivity index (χ0n) is 11.4. The van der Waals surface area contributed by atoms with Gasteiger partial charge >= 0.3 is 10.4 Å². The predicted molar refractivity (Wildman–Crippen MR) is 82.5 cm³/mol. The zero-order valence-corrected chi connectivity index (χ0v) is 13.0. The summed E-state index contributed by atoms with van der Waals surface area (Å²) < 4.78 is 1.55. The molecule has 0 radical (unpaired) electrons. The summed E-state index contributed by atoms with van der Waals surface area (Å²) in [4.78, 5) is 17.3. The first-order valence-electron chi connectivity index (χ1n) is 6.05. The minimum atomic E-state index is -0.359. The molecule has 0 fully saturated rings. The molecule has 21 heavy (non-hydrogen) atoms. The van der Waals surface area contributed by atoms with E-state index in [1.807, 2.05) is 43.3 Å². The first kappa shape index (κ1) is 15.3. The third-order valence-corrected chi connectivity index (χ3v) is 4.25. The van der Waals surface area contributed by atoms with Gasteiger partial charge in [-0.1, -0.05) is 12.1 Å². The fraction of sp³-hybridized carbons (Fsp3) is 0.143. The molecule has 0 aliphatic heterocycles. The van der Waals surface area contributed by atoms with E-state index >= 15 is 0 Å². The molecule has 2 aromatic carbocycles. The van der Waals surface area contributed by atoms with Crippen molar-refractivity contribution in [2.24, 2.45) is 0 Å². The maximum absolute atomic E-state index is 11.1. The monoisotopic (exact) mass is 321 g/mol. The van der Waals surface area contributed by atoms with Gasteiger partial charge in [-0.15, -0.1) is 0 Å². The predicted octanol–water partition coefficient (Wildman–Crippen LogP) is 0.709. The molecule has 0 unspecified atom stereocenters. The molecule has 1 aromatic heterocycles. The summed E-state index contributed by atoms with van der Waals surface area (Å²) in [5.41, 5.74) is 2.64. The third kappa shape index (κ3) is 2.59. The molecule has 0 aliphatic rings. The minimum Gasteiger partial charge on any atom is -1.00 e. The lowest BCUT2D eigenvalue weighted by Crippen LogP contribution is -3.00. The molecule has 0 saturated heterocycles. The Labute approximate surface area is 131 Å². The van der Waals surface area contributed by atoms with E-state index < -0.39 is 0 Å². The number of hydrogen-bond donors (Lipinski definition) is 0. The topological polar surface area (TPSA) is 59.3 Å². The largest absolute Gasteiger partial charge is 1.00 e. The Bertz CT molecular complexity index is 839. The number of nitrogens with zero attached hydrogens (tertiary/aromatic N) is 3. The van der Waals surface area contributed by atoms with Gasteiger partial charge in [0.25, 0.3) is 4.70 Å². The van der Waals surface area contributed by atoms with Gasteiger partial charge in [0, 0.05) is 26.2 Å². The van der Waals surface area contributed by atoms with Crippen molar-refractivity contribution in [3.63, 3.8) is 0 Å². The smallest absolute Gasteiger partial charge is 0.336 e. The molecule has 5 nitrogen and oxygen atoms in total. The number of rotatable bonds is 2. The van der Waals surface area contributed by atoms with Crippen molar-refractivity contribution in [3.8, 4) is 0 Å². The van der Waals surface area contributed by atoms with Gasteiger partial charge in [-0.25, -0.2) is 4.98 Å². The summed E-state index contributed by atoms with van der Waals surface area (Å²) >= 11 is 1.41. The van der Waals surface area contributed by atoms with Crippen LogP contribution < -0.4 is 17.3 Å². The van der Waals surface area contributed by atoms with Gasteiger partial charge in [0.1, 0.15) is 5.52 Å². The molecule has 1 heterocycles. The summed E-state index contributed by atoms with van der Waals surface area (Å²) in [6.07, 6.45) is 0. The van der Waals surface area contributed by atoms with Crippen molar-refractivity contribution in [3.05, 3.63) is 46.5 Å². The number of halogens is 1. The second-order valence-electron chi connectivity index (χ2n) is 4.61. The van der Waals surface area contributed by atoms with Crippen molar-refractivity contribution in [1.29, 1.82) is 0 Å². The number of hydrogen-bond acceptors (Lipinski definition) is 4. The lowest BCUT2D eigenvalue weighted by atomic mass is 10.2. The summed E-state index contributed by atoms with van der Waals surface area (Å²) in [6, 6.07) is 10.9. The van der Waals surface area contributed by atoms with E-state index in [4.69, 9.17) is 0 Å². The van der Waals surface area contributed by atoms with Crippen molar-refractivity contribution in [2.75, 3.05) is 19.0 Å². The Kier molecular flexibility index (Phi) is 4.20. The van der Waals surface area contributed by atoms with Crippen LogP contribution in [0.15, 0.2) is 36.4 Å². The molecule has 0 aliphatic carbocycles. The van der Waals surface area contributed by atoms with Crippen LogP contribution in [-0.4, -0.2) is 24.0 Å². The summed E-state index contributed by atoms with van der Waals surface area (Å²) in [5, 5.41) is 11.1. The van der Waals surface area contributed by atoms with Crippen LogP contribution in [0.1, 0.15) is 0 Å². The van der Waals surface area contributed by atoms with Crippen LogP contribution in [0.25, 0.3) is 20.4 Å². The van der Waals surface area contributed by atoms with Gasteiger partial charge in [0.2, 0.25) is 11.3 Å². The SMILES string of the molecule is CN(C)c1cccc2[s+]c3c([N+](=O)[O-])cccc3nc12.[Cl-]. The summed E-state index contributed by atoms with van der Waals surface area (Å²) in [5.74, 6) is 0. The van der Waals surface area contributed by atoms with Gasteiger partial charge in [0.15, 0.2) is 5.52 Å². The molecular weight excluding hydrogens is 310 g/mol. The average molecular weight is 322 g/mol. The van der Waals surface area contributed by atoms with E-state index in [-0.39, 0.29) is 23.0 Å². The van der Waals surface area contributed by atoms with Crippen LogP contribution in [0.5, 0.6) is 0 Å².